The molecule has 0 bridgehead atoms. The van der Waals surface area contributed by atoms with Crippen molar-refractivity contribution in [3.8, 4) is 33.8 Å². The summed E-state index contributed by atoms with van der Waals surface area (Å²) in [5.41, 5.74) is 14.1. The van der Waals surface area contributed by atoms with E-state index >= 15 is 0 Å². The van der Waals surface area contributed by atoms with Gasteiger partial charge in [-0.25, -0.2) is 0 Å². The predicted molar refractivity (Wildman–Crippen MR) is 246 cm³/mol. The normalized spacial score (nSPS) is 13.3. The van der Waals surface area contributed by atoms with Gasteiger partial charge < -0.3 is 14.1 Å². The minimum absolute atomic E-state index is 0.519. The Hall–Kier alpha value is -7.88. The molecule has 3 nitrogen and oxygen atoms in total. The first kappa shape index (κ1) is 33.1. The van der Waals surface area contributed by atoms with Crippen LogP contribution in [0.5, 0.6) is 11.5 Å². The molecule has 13 rings (SSSR count). The number of furan rings is 1. The number of fused-ring (bicyclic) bond motifs is 15. The average Bonchev–Trinajstić information content (AvgIpc) is 3.85. The van der Waals surface area contributed by atoms with Gasteiger partial charge in [0.15, 0.2) is 5.58 Å². The molecule has 10 aromatic carbocycles. The summed E-state index contributed by atoms with van der Waals surface area (Å²) in [5.74, 6) is 1.80. The van der Waals surface area contributed by atoms with Crippen LogP contribution in [0.15, 0.2) is 217 Å². The fourth-order valence-corrected chi connectivity index (χ4v) is 10.4. The highest BCUT2D eigenvalue weighted by atomic mass is 16.5. The molecule has 3 heteroatoms. The van der Waals surface area contributed by atoms with Crippen LogP contribution in [-0.4, -0.2) is 0 Å². The minimum atomic E-state index is -0.519. The molecule has 1 aliphatic heterocycles. The smallest absolute Gasteiger partial charge is 0.159 e. The number of para-hydroxylation sites is 3. The van der Waals surface area contributed by atoms with E-state index in [0.717, 1.165) is 61.4 Å². The molecule has 0 radical (unpaired) electrons. The van der Waals surface area contributed by atoms with Crippen molar-refractivity contribution in [2.45, 2.75) is 5.41 Å². The van der Waals surface area contributed by atoms with Gasteiger partial charge >= 0.3 is 0 Å². The molecule has 1 aliphatic carbocycles. The van der Waals surface area contributed by atoms with E-state index < -0.39 is 5.41 Å². The van der Waals surface area contributed by atoms with Gasteiger partial charge in [-0.3, -0.25) is 0 Å². The number of ether oxygens (including phenoxy) is 1. The number of rotatable bonds is 4. The topological polar surface area (TPSA) is 25.6 Å². The van der Waals surface area contributed by atoms with E-state index in [9.17, 15) is 0 Å². The molecule has 0 atom stereocenters. The van der Waals surface area contributed by atoms with Crippen LogP contribution in [0.1, 0.15) is 22.3 Å². The molecule has 1 spiro atoms. The summed E-state index contributed by atoms with van der Waals surface area (Å²) in [6.45, 7) is 0. The van der Waals surface area contributed by atoms with Gasteiger partial charge in [-0.05, 0) is 86.6 Å². The van der Waals surface area contributed by atoms with Gasteiger partial charge in [0.2, 0.25) is 0 Å². The molecule has 11 aromatic rings. The molecule has 0 saturated heterocycles. The first-order valence-corrected chi connectivity index (χ1v) is 20.6. The van der Waals surface area contributed by atoms with Crippen LogP contribution in [0.3, 0.4) is 0 Å². The van der Waals surface area contributed by atoms with Crippen LogP contribution < -0.4 is 9.64 Å². The van der Waals surface area contributed by atoms with Crippen LogP contribution >= 0.6 is 0 Å². The van der Waals surface area contributed by atoms with Gasteiger partial charge in [-0.2, -0.15) is 0 Å². The third-order valence-corrected chi connectivity index (χ3v) is 12.9. The Bertz CT molecular complexity index is 3490. The Balaban J connectivity index is 1.02. The molecule has 0 fully saturated rings. The largest absolute Gasteiger partial charge is 0.457 e. The van der Waals surface area contributed by atoms with Crippen molar-refractivity contribution in [3.05, 3.63) is 235 Å². The molecule has 0 N–H and O–H groups in total. The number of nitrogens with zero attached hydrogens (tertiary/aromatic N) is 1. The first-order valence-electron chi connectivity index (χ1n) is 20.6. The van der Waals surface area contributed by atoms with Crippen molar-refractivity contribution >= 4 is 60.5 Å². The Morgan fingerprint density at radius 1 is 0.350 bits per heavy atom. The maximum absolute atomic E-state index is 6.96. The lowest BCUT2D eigenvalue weighted by Crippen LogP contribution is -2.32. The molecule has 280 valence electrons. The first-order chi connectivity index (χ1) is 29.8. The summed E-state index contributed by atoms with van der Waals surface area (Å²) in [5, 5.41) is 6.84. The van der Waals surface area contributed by atoms with Crippen molar-refractivity contribution in [3.63, 3.8) is 0 Å². The van der Waals surface area contributed by atoms with Crippen LogP contribution in [0.4, 0.5) is 17.1 Å². The van der Waals surface area contributed by atoms with Crippen LogP contribution in [0.25, 0.3) is 65.7 Å². The van der Waals surface area contributed by atoms with E-state index in [-0.39, 0.29) is 0 Å². The summed E-state index contributed by atoms with van der Waals surface area (Å²) in [7, 11) is 0. The van der Waals surface area contributed by atoms with Gasteiger partial charge in [0, 0.05) is 38.4 Å². The third kappa shape index (κ3) is 4.49. The summed E-state index contributed by atoms with van der Waals surface area (Å²) in [6, 6.07) is 76.5. The lowest BCUT2D eigenvalue weighted by atomic mass is 9.66. The zero-order valence-corrected chi connectivity index (χ0v) is 32.5. The van der Waals surface area contributed by atoms with Crippen molar-refractivity contribution < 1.29 is 9.15 Å². The van der Waals surface area contributed by atoms with Gasteiger partial charge in [-0.15, -0.1) is 0 Å². The zero-order valence-electron chi connectivity index (χ0n) is 32.5. The lowest BCUT2D eigenvalue weighted by molar-refractivity contribution is 0.436. The number of hydrogen-bond donors (Lipinski definition) is 0. The lowest BCUT2D eigenvalue weighted by Gasteiger charge is -2.39. The van der Waals surface area contributed by atoms with E-state index in [0.29, 0.717) is 0 Å². The molecule has 2 aliphatic rings. The SMILES string of the molecule is c1ccc2c(c1)Oc1ccccc1C21c2ccccc2-c2c(-c3ccc(N(c4cccc5ccccc45)c4cccc5c4oc4c6ccccc6ccc54)cc3)cccc21. The second kappa shape index (κ2) is 12.6. The monoisotopic (exact) mass is 765 g/mol. The van der Waals surface area contributed by atoms with Crippen molar-refractivity contribution in [1.29, 1.82) is 0 Å². The van der Waals surface area contributed by atoms with Crippen molar-refractivity contribution in [2.24, 2.45) is 0 Å². The maximum atomic E-state index is 6.96. The highest BCUT2D eigenvalue weighted by molar-refractivity contribution is 6.18. The summed E-state index contributed by atoms with van der Waals surface area (Å²) >= 11 is 0. The quantitative estimate of drug-likeness (QED) is 0.178. The Kier molecular flexibility index (Phi) is 6.93. The van der Waals surface area contributed by atoms with E-state index in [1.54, 1.807) is 0 Å². The molecule has 0 amide bonds. The van der Waals surface area contributed by atoms with Gasteiger partial charge in [0.1, 0.15) is 17.1 Å². The fraction of sp³-hybridized carbons (Fsp3) is 0.0175. The molecule has 2 heterocycles. The number of hydrogen-bond acceptors (Lipinski definition) is 3. The zero-order chi connectivity index (χ0) is 39.4. The molecular formula is C57H35NO2. The number of benzene rings is 10. The molecule has 0 unspecified atom stereocenters. The van der Waals surface area contributed by atoms with Crippen molar-refractivity contribution in [1.82, 2.24) is 0 Å². The van der Waals surface area contributed by atoms with Gasteiger partial charge in [0.05, 0.1) is 16.8 Å². The van der Waals surface area contributed by atoms with Crippen LogP contribution in [-0.2, 0) is 5.41 Å². The van der Waals surface area contributed by atoms with Crippen LogP contribution in [0, 0.1) is 0 Å². The number of anilines is 3. The van der Waals surface area contributed by atoms with E-state index in [1.165, 1.54) is 55.1 Å². The second-order valence-corrected chi connectivity index (χ2v) is 15.9. The molecule has 1 aromatic heterocycles. The average molecular weight is 766 g/mol. The minimum Gasteiger partial charge on any atom is -0.457 e. The molecular weight excluding hydrogens is 731 g/mol. The fourth-order valence-electron chi connectivity index (χ4n) is 10.4. The standard InChI is InChI=1S/C57H35NO2/c1-3-17-40-36(14-1)16-11-26-50(40)58(51-27-13-21-43-44-35-32-37-15-2-4-18-42(37)55(44)60-56(43)51)39-33-30-38(31-34-39)41-20-12-25-49-54(41)45-19-5-6-22-46(45)57(49)47-23-7-9-28-52(47)59-53-29-10-8-24-48(53)57/h1-35H. The third-order valence-electron chi connectivity index (χ3n) is 12.9. The van der Waals surface area contributed by atoms with E-state index in [2.05, 4.69) is 217 Å². The Morgan fingerprint density at radius 3 is 1.70 bits per heavy atom. The predicted octanol–water partition coefficient (Wildman–Crippen LogP) is 15.5. The Morgan fingerprint density at radius 2 is 0.900 bits per heavy atom. The van der Waals surface area contributed by atoms with Gasteiger partial charge in [0.25, 0.3) is 0 Å². The summed E-state index contributed by atoms with van der Waals surface area (Å²) in [6.07, 6.45) is 0. The van der Waals surface area contributed by atoms with Crippen molar-refractivity contribution in [2.75, 3.05) is 4.90 Å². The highest BCUT2D eigenvalue weighted by Gasteiger charge is 2.51. The van der Waals surface area contributed by atoms with E-state index in [4.69, 9.17) is 9.15 Å². The second-order valence-electron chi connectivity index (χ2n) is 15.9. The Labute approximate surface area is 347 Å². The summed E-state index contributed by atoms with van der Waals surface area (Å²) < 4.78 is 13.6. The maximum Gasteiger partial charge on any atom is 0.159 e. The highest BCUT2D eigenvalue weighted by Crippen LogP contribution is 2.63. The van der Waals surface area contributed by atoms with Gasteiger partial charge in [-0.1, -0.05) is 170 Å². The summed E-state index contributed by atoms with van der Waals surface area (Å²) in [4.78, 5) is 2.37. The molecule has 60 heavy (non-hydrogen) atoms. The molecule has 0 saturated carbocycles. The van der Waals surface area contributed by atoms with Crippen LogP contribution in [0.2, 0.25) is 0 Å². The van der Waals surface area contributed by atoms with E-state index in [1.807, 2.05) is 0 Å².